The number of rotatable bonds is 6. The molecular formula is C22H23N3O4. The van der Waals surface area contributed by atoms with Gasteiger partial charge in [-0.2, -0.15) is 0 Å². The molecule has 0 saturated carbocycles. The van der Waals surface area contributed by atoms with Crippen molar-refractivity contribution >= 4 is 5.91 Å². The van der Waals surface area contributed by atoms with Gasteiger partial charge in [-0.15, -0.1) is 0 Å². The molecule has 0 spiro atoms. The second-order valence-electron chi connectivity index (χ2n) is 6.47. The van der Waals surface area contributed by atoms with Crippen LogP contribution >= 0.6 is 0 Å². The Labute approximate surface area is 169 Å². The van der Waals surface area contributed by atoms with Crippen LogP contribution in [-0.2, 0) is 0 Å². The van der Waals surface area contributed by atoms with Crippen molar-refractivity contribution in [3.63, 3.8) is 0 Å². The number of amides is 1. The summed E-state index contributed by atoms with van der Waals surface area (Å²) in [5, 5.41) is 0. The Balaban J connectivity index is 2.24. The summed E-state index contributed by atoms with van der Waals surface area (Å²) in [6.45, 7) is 3.82. The molecule has 7 heteroatoms. The van der Waals surface area contributed by atoms with Crippen LogP contribution in [0.2, 0.25) is 0 Å². The smallest absolute Gasteiger partial charge is 0.248 e. The van der Waals surface area contributed by atoms with Crippen LogP contribution in [0.5, 0.6) is 17.2 Å². The molecule has 0 unspecified atom stereocenters. The van der Waals surface area contributed by atoms with Gasteiger partial charge in [0, 0.05) is 22.9 Å². The molecule has 0 saturated heterocycles. The predicted octanol–water partition coefficient (Wildman–Crippen LogP) is 3.55. The Bertz CT molecular complexity index is 1050. The zero-order chi connectivity index (χ0) is 21.1. The Morgan fingerprint density at radius 3 is 2.14 bits per heavy atom. The van der Waals surface area contributed by atoms with Crippen LogP contribution in [0.25, 0.3) is 22.4 Å². The second-order valence-corrected chi connectivity index (χ2v) is 6.47. The molecule has 0 radical (unpaired) electrons. The van der Waals surface area contributed by atoms with E-state index in [1.54, 1.807) is 33.6 Å². The summed E-state index contributed by atoms with van der Waals surface area (Å²) in [6.07, 6.45) is 3.24. The van der Waals surface area contributed by atoms with Gasteiger partial charge in [0.1, 0.15) is 6.33 Å². The van der Waals surface area contributed by atoms with Gasteiger partial charge in [-0.3, -0.25) is 4.79 Å². The van der Waals surface area contributed by atoms with Gasteiger partial charge >= 0.3 is 0 Å². The van der Waals surface area contributed by atoms with Crippen LogP contribution < -0.4 is 19.9 Å². The SMILES string of the molecule is COc1cc(-c2ncncc2-c2ccc(C(N)=O)c(C)c2C)cc(OC)c1OC. The number of nitrogens with zero attached hydrogens (tertiary/aromatic N) is 2. The van der Waals surface area contributed by atoms with Gasteiger partial charge in [-0.05, 0) is 48.7 Å². The minimum Gasteiger partial charge on any atom is -0.493 e. The molecule has 1 amide bonds. The van der Waals surface area contributed by atoms with Crippen LogP contribution in [0.1, 0.15) is 21.5 Å². The van der Waals surface area contributed by atoms with Crippen LogP contribution in [0.15, 0.2) is 36.8 Å². The Morgan fingerprint density at radius 1 is 0.931 bits per heavy atom. The molecule has 29 heavy (non-hydrogen) atoms. The number of hydrogen-bond acceptors (Lipinski definition) is 6. The normalized spacial score (nSPS) is 10.5. The molecule has 0 aliphatic rings. The molecule has 0 atom stereocenters. The highest BCUT2D eigenvalue weighted by Gasteiger charge is 2.19. The average molecular weight is 393 g/mol. The number of methoxy groups -OCH3 is 3. The fourth-order valence-corrected chi connectivity index (χ4v) is 3.35. The van der Waals surface area contributed by atoms with Gasteiger partial charge in [0.05, 0.1) is 27.0 Å². The molecule has 150 valence electrons. The maximum atomic E-state index is 11.7. The first-order chi connectivity index (χ1) is 13.9. The van der Waals surface area contributed by atoms with Crippen molar-refractivity contribution in [2.45, 2.75) is 13.8 Å². The van der Waals surface area contributed by atoms with Crippen molar-refractivity contribution in [3.8, 4) is 39.6 Å². The Kier molecular flexibility index (Phi) is 5.68. The summed E-state index contributed by atoms with van der Waals surface area (Å²) < 4.78 is 16.4. The molecule has 3 aromatic rings. The third kappa shape index (κ3) is 3.59. The number of hydrogen-bond donors (Lipinski definition) is 1. The summed E-state index contributed by atoms with van der Waals surface area (Å²) in [7, 11) is 4.69. The van der Waals surface area contributed by atoms with E-state index in [9.17, 15) is 4.79 Å². The van der Waals surface area contributed by atoms with Gasteiger partial charge < -0.3 is 19.9 Å². The van der Waals surface area contributed by atoms with Crippen LogP contribution in [-0.4, -0.2) is 37.2 Å². The van der Waals surface area contributed by atoms with Crippen LogP contribution in [0, 0.1) is 13.8 Å². The first-order valence-corrected chi connectivity index (χ1v) is 8.93. The largest absolute Gasteiger partial charge is 0.493 e. The van der Waals surface area contributed by atoms with E-state index >= 15 is 0 Å². The highest BCUT2D eigenvalue weighted by Crippen LogP contribution is 2.43. The Morgan fingerprint density at radius 2 is 1.59 bits per heavy atom. The number of ether oxygens (including phenoxy) is 3. The summed E-state index contributed by atoms with van der Waals surface area (Å²) in [4.78, 5) is 20.4. The summed E-state index contributed by atoms with van der Waals surface area (Å²) in [5.41, 5.74) is 11.0. The monoisotopic (exact) mass is 393 g/mol. The number of carbonyl (C=O) groups excluding carboxylic acids is 1. The first-order valence-electron chi connectivity index (χ1n) is 8.93. The molecule has 2 aromatic carbocycles. The fourth-order valence-electron chi connectivity index (χ4n) is 3.35. The van der Waals surface area contributed by atoms with E-state index in [2.05, 4.69) is 9.97 Å². The number of primary amides is 1. The van der Waals surface area contributed by atoms with Crippen LogP contribution in [0.4, 0.5) is 0 Å². The van der Waals surface area contributed by atoms with E-state index < -0.39 is 5.91 Å². The first kappa shape index (κ1) is 20.1. The number of aromatic nitrogens is 2. The molecule has 0 fully saturated rings. The molecule has 3 rings (SSSR count). The van der Waals surface area contributed by atoms with E-state index in [1.165, 1.54) is 6.33 Å². The van der Waals surface area contributed by atoms with Gasteiger partial charge in [-0.25, -0.2) is 9.97 Å². The van der Waals surface area contributed by atoms with Gasteiger partial charge in [0.15, 0.2) is 11.5 Å². The number of carbonyl (C=O) groups is 1. The maximum absolute atomic E-state index is 11.7. The Hall–Kier alpha value is -3.61. The van der Waals surface area contributed by atoms with Crippen molar-refractivity contribution in [1.82, 2.24) is 9.97 Å². The van der Waals surface area contributed by atoms with Crippen LogP contribution in [0.3, 0.4) is 0 Å². The minimum absolute atomic E-state index is 0.452. The lowest BCUT2D eigenvalue weighted by Gasteiger charge is -2.17. The molecule has 0 aliphatic carbocycles. The van der Waals surface area contributed by atoms with Gasteiger partial charge in [0.25, 0.3) is 0 Å². The predicted molar refractivity (Wildman–Crippen MR) is 111 cm³/mol. The molecule has 0 bridgehead atoms. The highest BCUT2D eigenvalue weighted by atomic mass is 16.5. The zero-order valence-corrected chi connectivity index (χ0v) is 17.1. The van der Waals surface area contributed by atoms with Crippen molar-refractivity contribution in [1.29, 1.82) is 0 Å². The van der Waals surface area contributed by atoms with Gasteiger partial charge in [-0.1, -0.05) is 6.07 Å². The maximum Gasteiger partial charge on any atom is 0.248 e. The number of benzene rings is 2. The lowest BCUT2D eigenvalue weighted by atomic mass is 9.91. The highest BCUT2D eigenvalue weighted by molar-refractivity contribution is 5.96. The van der Waals surface area contributed by atoms with Crippen molar-refractivity contribution in [3.05, 3.63) is 53.5 Å². The van der Waals surface area contributed by atoms with E-state index in [-0.39, 0.29) is 0 Å². The topological polar surface area (TPSA) is 96.6 Å². The summed E-state index contributed by atoms with van der Waals surface area (Å²) in [6, 6.07) is 7.27. The zero-order valence-electron chi connectivity index (χ0n) is 17.1. The minimum atomic E-state index is -0.452. The second kappa shape index (κ2) is 8.18. The van der Waals surface area contributed by atoms with E-state index in [0.717, 1.165) is 27.8 Å². The lowest BCUT2D eigenvalue weighted by molar-refractivity contribution is 0.0999. The van der Waals surface area contributed by atoms with E-state index in [1.807, 2.05) is 32.0 Å². The standard InChI is InChI=1S/C22H23N3O4/c1-12-13(2)16(22(23)26)7-6-15(12)17-10-24-11-25-20(17)14-8-18(27-3)21(29-5)19(9-14)28-4/h6-11H,1-5H3,(H2,23,26). The van der Waals surface area contributed by atoms with Crippen molar-refractivity contribution < 1.29 is 19.0 Å². The van der Waals surface area contributed by atoms with E-state index in [0.29, 0.717) is 28.5 Å². The van der Waals surface area contributed by atoms with Crippen molar-refractivity contribution in [2.24, 2.45) is 5.73 Å². The van der Waals surface area contributed by atoms with E-state index in [4.69, 9.17) is 19.9 Å². The summed E-state index contributed by atoms with van der Waals surface area (Å²) in [5.74, 6) is 1.12. The molecule has 2 N–H and O–H groups in total. The third-order valence-corrected chi connectivity index (χ3v) is 4.99. The van der Waals surface area contributed by atoms with Crippen molar-refractivity contribution in [2.75, 3.05) is 21.3 Å². The van der Waals surface area contributed by atoms with Gasteiger partial charge in [0.2, 0.25) is 11.7 Å². The number of nitrogens with two attached hydrogens (primary N) is 1. The molecular weight excluding hydrogens is 370 g/mol. The third-order valence-electron chi connectivity index (χ3n) is 4.99. The molecule has 1 aromatic heterocycles. The molecule has 0 aliphatic heterocycles. The quantitative estimate of drug-likeness (QED) is 0.688. The molecule has 7 nitrogen and oxygen atoms in total. The fraction of sp³-hybridized carbons (Fsp3) is 0.227. The average Bonchev–Trinajstić information content (AvgIpc) is 2.74. The molecule has 1 heterocycles. The lowest BCUT2D eigenvalue weighted by Crippen LogP contribution is -2.13. The summed E-state index contributed by atoms with van der Waals surface area (Å²) >= 11 is 0.